The van der Waals surface area contributed by atoms with Gasteiger partial charge in [0, 0.05) is 45.6 Å². The minimum Gasteiger partial charge on any atom is -0.358 e. The zero-order valence-corrected chi connectivity index (χ0v) is 12.9. The molecule has 1 atom stereocenters. The lowest BCUT2D eigenvalue weighted by Gasteiger charge is -2.34. The number of hydrogen-bond donors (Lipinski definition) is 1. The maximum absolute atomic E-state index is 12.2. The van der Waals surface area contributed by atoms with Crippen LogP contribution in [0.3, 0.4) is 0 Å². The Bertz CT molecular complexity index is 519. The summed E-state index contributed by atoms with van der Waals surface area (Å²) in [6, 6.07) is 0.189. The Morgan fingerprint density at radius 3 is 2.90 bits per heavy atom. The van der Waals surface area contributed by atoms with Gasteiger partial charge in [-0.3, -0.25) is 4.79 Å². The van der Waals surface area contributed by atoms with E-state index in [0.29, 0.717) is 25.3 Å². The van der Waals surface area contributed by atoms with E-state index in [2.05, 4.69) is 10.3 Å². The highest BCUT2D eigenvalue weighted by Crippen LogP contribution is 2.12. The SMILES string of the molecule is Cc1nc([N+](=O)[O-])cn1CCC(=O)N1CCNC[C@@H]1C.Cl. The normalized spacial score (nSPS) is 18.2. The van der Waals surface area contributed by atoms with Gasteiger partial charge >= 0.3 is 5.82 Å². The van der Waals surface area contributed by atoms with Crippen LogP contribution >= 0.6 is 12.4 Å². The van der Waals surface area contributed by atoms with E-state index < -0.39 is 4.92 Å². The zero-order chi connectivity index (χ0) is 14.7. The van der Waals surface area contributed by atoms with Crippen molar-refractivity contribution in [2.24, 2.45) is 0 Å². The molecule has 21 heavy (non-hydrogen) atoms. The van der Waals surface area contributed by atoms with Gasteiger partial charge in [-0.2, -0.15) is 0 Å². The summed E-state index contributed by atoms with van der Waals surface area (Å²) in [6.07, 6.45) is 1.71. The number of rotatable bonds is 4. The summed E-state index contributed by atoms with van der Waals surface area (Å²) in [5, 5.41) is 13.9. The molecule has 0 saturated carbocycles. The summed E-state index contributed by atoms with van der Waals surface area (Å²) >= 11 is 0. The first-order valence-corrected chi connectivity index (χ1v) is 6.67. The molecule has 0 aromatic carbocycles. The number of nitrogens with one attached hydrogen (secondary N) is 1. The van der Waals surface area contributed by atoms with Crippen LogP contribution in [0.1, 0.15) is 19.2 Å². The lowest BCUT2D eigenvalue weighted by Crippen LogP contribution is -2.52. The molecule has 9 heteroatoms. The van der Waals surface area contributed by atoms with Crippen LogP contribution in [-0.2, 0) is 11.3 Å². The number of imidazole rings is 1. The summed E-state index contributed by atoms with van der Waals surface area (Å²) in [7, 11) is 0. The summed E-state index contributed by atoms with van der Waals surface area (Å²) in [6.45, 7) is 6.46. The van der Waals surface area contributed by atoms with Crippen molar-refractivity contribution in [2.75, 3.05) is 19.6 Å². The molecular formula is C12H20ClN5O3. The molecule has 2 heterocycles. The fraction of sp³-hybridized carbons (Fsp3) is 0.667. The van der Waals surface area contributed by atoms with Crippen molar-refractivity contribution in [3.05, 3.63) is 22.1 Å². The monoisotopic (exact) mass is 317 g/mol. The van der Waals surface area contributed by atoms with E-state index in [1.54, 1.807) is 11.5 Å². The Labute approximate surface area is 129 Å². The van der Waals surface area contributed by atoms with Crippen LogP contribution in [-0.4, -0.2) is 51.0 Å². The first kappa shape index (κ1) is 17.4. The number of hydrogen-bond acceptors (Lipinski definition) is 5. The number of piperazine rings is 1. The lowest BCUT2D eigenvalue weighted by molar-refractivity contribution is -0.389. The van der Waals surface area contributed by atoms with Gasteiger partial charge in [0.15, 0.2) is 0 Å². The van der Waals surface area contributed by atoms with E-state index in [-0.39, 0.29) is 30.2 Å². The minimum atomic E-state index is -0.524. The van der Waals surface area contributed by atoms with Crippen LogP contribution in [0.5, 0.6) is 0 Å². The number of nitro groups is 1. The number of aryl methyl sites for hydroxylation is 2. The van der Waals surface area contributed by atoms with E-state index in [4.69, 9.17) is 0 Å². The molecule has 1 saturated heterocycles. The van der Waals surface area contributed by atoms with Gasteiger partial charge in [0.25, 0.3) is 0 Å². The molecule has 1 amide bonds. The van der Waals surface area contributed by atoms with Gasteiger partial charge in [-0.25, -0.2) is 0 Å². The molecule has 1 aromatic rings. The van der Waals surface area contributed by atoms with Crippen molar-refractivity contribution in [1.82, 2.24) is 19.8 Å². The van der Waals surface area contributed by atoms with Crippen molar-refractivity contribution < 1.29 is 9.72 Å². The minimum absolute atomic E-state index is 0. The second-order valence-corrected chi connectivity index (χ2v) is 4.99. The number of carbonyl (C=O) groups excluding carboxylic acids is 1. The molecule has 0 unspecified atom stereocenters. The van der Waals surface area contributed by atoms with Gasteiger partial charge in [0.1, 0.15) is 6.20 Å². The largest absolute Gasteiger partial charge is 0.381 e. The topological polar surface area (TPSA) is 93.3 Å². The van der Waals surface area contributed by atoms with Crippen molar-refractivity contribution in [3.63, 3.8) is 0 Å². The smallest absolute Gasteiger partial charge is 0.358 e. The van der Waals surface area contributed by atoms with Crippen LogP contribution in [0.2, 0.25) is 0 Å². The van der Waals surface area contributed by atoms with E-state index in [9.17, 15) is 14.9 Å². The molecular weight excluding hydrogens is 298 g/mol. The van der Waals surface area contributed by atoms with E-state index in [1.165, 1.54) is 6.20 Å². The standard InChI is InChI=1S/C12H19N5O3.ClH/c1-9-7-13-4-6-16(9)12(18)3-5-15-8-11(17(19)20)14-10(15)2;/h8-9,13H,3-7H2,1-2H3;1H/t9-;/m0./s1. The van der Waals surface area contributed by atoms with E-state index >= 15 is 0 Å². The predicted molar refractivity (Wildman–Crippen MR) is 79.5 cm³/mol. The van der Waals surface area contributed by atoms with Crippen LogP contribution in [0.4, 0.5) is 5.82 Å². The highest BCUT2D eigenvalue weighted by atomic mass is 35.5. The average molecular weight is 318 g/mol. The van der Waals surface area contributed by atoms with Crippen molar-refractivity contribution in [3.8, 4) is 0 Å². The van der Waals surface area contributed by atoms with Crippen LogP contribution < -0.4 is 5.32 Å². The fourth-order valence-electron chi connectivity index (χ4n) is 2.38. The van der Waals surface area contributed by atoms with Gasteiger partial charge in [0.05, 0.1) is 0 Å². The summed E-state index contributed by atoms with van der Waals surface area (Å²) < 4.78 is 1.66. The second kappa shape index (κ2) is 7.37. The number of nitrogens with zero attached hydrogens (tertiary/aromatic N) is 4. The molecule has 2 rings (SSSR count). The molecule has 0 bridgehead atoms. The van der Waals surface area contributed by atoms with Crippen LogP contribution in [0, 0.1) is 17.0 Å². The molecule has 0 spiro atoms. The van der Waals surface area contributed by atoms with Crippen molar-refractivity contribution >= 4 is 24.1 Å². The second-order valence-electron chi connectivity index (χ2n) is 4.99. The predicted octanol–water partition coefficient (Wildman–Crippen LogP) is 0.732. The third-order valence-electron chi connectivity index (χ3n) is 3.54. The van der Waals surface area contributed by atoms with Gasteiger partial charge in [-0.05, 0) is 16.8 Å². The maximum atomic E-state index is 12.2. The molecule has 1 aliphatic rings. The fourth-order valence-corrected chi connectivity index (χ4v) is 2.38. The molecule has 1 aliphatic heterocycles. The van der Waals surface area contributed by atoms with Crippen molar-refractivity contribution in [2.45, 2.75) is 32.9 Å². The van der Waals surface area contributed by atoms with E-state index in [0.717, 1.165) is 13.1 Å². The third kappa shape index (κ3) is 4.15. The van der Waals surface area contributed by atoms with Gasteiger partial charge in [0.2, 0.25) is 11.7 Å². The first-order chi connectivity index (χ1) is 9.49. The highest BCUT2D eigenvalue weighted by molar-refractivity contribution is 5.85. The van der Waals surface area contributed by atoms with Crippen LogP contribution in [0.25, 0.3) is 0 Å². The molecule has 1 N–H and O–H groups in total. The third-order valence-corrected chi connectivity index (χ3v) is 3.54. The van der Waals surface area contributed by atoms with Gasteiger partial charge < -0.3 is 24.9 Å². The Morgan fingerprint density at radius 1 is 1.62 bits per heavy atom. The number of amides is 1. The molecule has 1 aromatic heterocycles. The maximum Gasteiger partial charge on any atom is 0.381 e. The molecule has 1 fully saturated rings. The van der Waals surface area contributed by atoms with Gasteiger partial charge in [-0.15, -0.1) is 12.4 Å². The summed E-state index contributed by atoms with van der Waals surface area (Å²) in [4.78, 5) is 28.0. The van der Waals surface area contributed by atoms with Gasteiger partial charge in [-0.1, -0.05) is 0 Å². The Balaban J connectivity index is 0.00000220. The summed E-state index contributed by atoms with van der Waals surface area (Å²) in [5.74, 6) is 0.457. The molecule has 0 radical (unpaired) electrons. The highest BCUT2D eigenvalue weighted by Gasteiger charge is 2.23. The Hall–Kier alpha value is -1.67. The first-order valence-electron chi connectivity index (χ1n) is 6.67. The quantitative estimate of drug-likeness (QED) is 0.653. The zero-order valence-electron chi connectivity index (χ0n) is 12.1. The molecule has 118 valence electrons. The van der Waals surface area contributed by atoms with Crippen LogP contribution in [0.15, 0.2) is 6.20 Å². The van der Waals surface area contributed by atoms with E-state index in [1.807, 2.05) is 11.8 Å². The van der Waals surface area contributed by atoms with Crippen molar-refractivity contribution in [1.29, 1.82) is 0 Å². The lowest BCUT2D eigenvalue weighted by atomic mass is 10.2. The molecule has 0 aliphatic carbocycles. The number of carbonyl (C=O) groups is 1. The summed E-state index contributed by atoms with van der Waals surface area (Å²) in [5.41, 5.74) is 0. The number of halogens is 1. The number of aromatic nitrogens is 2. The average Bonchev–Trinajstić information content (AvgIpc) is 2.78. The Kier molecular flexibility index (Phi) is 6.10. The Morgan fingerprint density at radius 2 is 2.33 bits per heavy atom. The molecule has 8 nitrogen and oxygen atoms in total.